The molecule has 4 heteroatoms. The van der Waals surface area contributed by atoms with E-state index in [9.17, 15) is 4.39 Å². The first-order valence-electron chi connectivity index (χ1n) is 5.99. The van der Waals surface area contributed by atoms with Crippen LogP contribution in [0.2, 0.25) is 0 Å². The SMILES string of the molecule is Cl.Fc1ccc(OC2(c3ccccc3)CNC2)cc1. The molecule has 0 unspecified atom stereocenters. The molecule has 1 aliphatic heterocycles. The van der Waals surface area contributed by atoms with Gasteiger partial charge in [-0.05, 0) is 29.8 Å². The molecule has 0 atom stereocenters. The molecule has 1 N–H and O–H groups in total. The lowest BCUT2D eigenvalue weighted by Crippen LogP contribution is -2.60. The molecule has 19 heavy (non-hydrogen) atoms. The normalized spacial score (nSPS) is 16.1. The molecule has 100 valence electrons. The largest absolute Gasteiger partial charge is 0.480 e. The second-order valence-corrected chi connectivity index (χ2v) is 4.52. The summed E-state index contributed by atoms with van der Waals surface area (Å²) in [4.78, 5) is 0. The van der Waals surface area contributed by atoms with E-state index in [1.54, 1.807) is 12.1 Å². The van der Waals surface area contributed by atoms with Crippen molar-refractivity contribution in [2.75, 3.05) is 13.1 Å². The Balaban J connectivity index is 0.00000133. The monoisotopic (exact) mass is 279 g/mol. The van der Waals surface area contributed by atoms with Crippen LogP contribution in [0.25, 0.3) is 0 Å². The maximum absolute atomic E-state index is 12.9. The highest BCUT2D eigenvalue weighted by Crippen LogP contribution is 2.31. The molecule has 1 aliphatic rings. The molecule has 0 bridgehead atoms. The minimum atomic E-state index is -0.320. The van der Waals surface area contributed by atoms with E-state index in [1.807, 2.05) is 18.2 Å². The maximum atomic E-state index is 12.9. The number of halogens is 2. The van der Waals surface area contributed by atoms with E-state index in [1.165, 1.54) is 12.1 Å². The molecule has 2 aromatic rings. The van der Waals surface area contributed by atoms with Crippen molar-refractivity contribution in [3.8, 4) is 5.75 Å². The van der Waals surface area contributed by atoms with Gasteiger partial charge in [-0.15, -0.1) is 12.4 Å². The summed E-state index contributed by atoms with van der Waals surface area (Å²) in [6, 6.07) is 16.3. The summed E-state index contributed by atoms with van der Waals surface area (Å²) in [6.07, 6.45) is 0. The molecule has 1 saturated heterocycles. The first-order valence-corrected chi connectivity index (χ1v) is 5.99. The molecule has 1 fully saturated rings. The summed E-state index contributed by atoms with van der Waals surface area (Å²) in [5.74, 6) is 0.449. The Hall–Kier alpha value is -1.58. The van der Waals surface area contributed by atoms with Gasteiger partial charge in [0.05, 0.1) is 0 Å². The topological polar surface area (TPSA) is 21.3 Å². The van der Waals surface area contributed by atoms with Crippen LogP contribution in [0, 0.1) is 5.82 Å². The van der Waals surface area contributed by atoms with Crippen LogP contribution >= 0.6 is 12.4 Å². The van der Waals surface area contributed by atoms with Gasteiger partial charge in [-0.1, -0.05) is 30.3 Å². The van der Waals surface area contributed by atoms with Crippen LogP contribution in [0.4, 0.5) is 4.39 Å². The highest BCUT2D eigenvalue weighted by Gasteiger charge is 2.41. The summed E-state index contributed by atoms with van der Waals surface area (Å²) >= 11 is 0. The van der Waals surface area contributed by atoms with E-state index in [2.05, 4.69) is 17.4 Å². The van der Waals surface area contributed by atoms with Crippen LogP contribution in [0.15, 0.2) is 54.6 Å². The van der Waals surface area contributed by atoms with E-state index >= 15 is 0 Å². The Bertz CT molecular complexity index is 526. The second-order valence-electron chi connectivity index (χ2n) is 4.52. The van der Waals surface area contributed by atoms with Gasteiger partial charge < -0.3 is 10.1 Å². The van der Waals surface area contributed by atoms with Gasteiger partial charge in [-0.25, -0.2) is 4.39 Å². The van der Waals surface area contributed by atoms with Gasteiger partial charge in [0.1, 0.15) is 11.6 Å². The van der Waals surface area contributed by atoms with Gasteiger partial charge in [-0.3, -0.25) is 0 Å². The first kappa shape index (κ1) is 13.8. The van der Waals surface area contributed by atoms with Crippen molar-refractivity contribution in [1.82, 2.24) is 5.32 Å². The Morgan fingerprint density at radius 2 is 1.58 bits per heavy atom. The molecule has 0 spiro atoms. The standard InChI is InChI=1S/C15H14FNO.ClH/c16-13-6-8-14(9-7-13)18-15(10-17-11-15)12-4-2-1-3-5-12;/h1-9,17H,10-11H2;1H. The Kier molecular flexibility index (Phi) is 4.08. The van der Waals surface area contributed by atoms with Gasteiger partial charge >= 0.3 is 0 Å². The predicted molar refractivity (Wildman–Crippen MR) is 75.3 cm³/mol. The maximum Gasteiger partial charge on any atom is 0.159 e. The summed E-state index contributed by atoms with van der Waals surface area (Å²) < 4.78 is 18.9. The van der Waals surface area contributed by atoms with Crippen LogP contribution in [-0.2, 0) is 5.60 Å². The zero-order valence-corrected chi connectivity index (χ0v) is 11.1. The van der Waals surface area contributed by atoms with Gasteiger partial charge in [0, 0.05) is 13.1 Å². The highest BCUT2D eigenvalue weighted by molar-refractivity contribution is 5.85. The summed E-state index contributed by atoms with van der Waals surface area (Å²) in [6.45, 7) is 1.54. The van der Waals surface area contributed by atoms with Crippen molar-refractivity contribution in [2.24, 2.45) is 0 Å². The lowest BCUT2D eigenvalue weighted by molar-refractivity contribution is 0.0121. The van der Waals surface area contributed by atoms with Crippen LogP contribution in [-0.4, -0.2) is 13.1 Å². The van der Waals surface area contributed by atoms with Crippen molar-refractivity contribution in [2.45, 2.75) is 5.60 Å². The molecule has 3 rings (SSSR count). The van der Waals surface area contributed by atoms with Crippen molar-refractivity contribution in [1.29, 1.82) is 0 Å². The molecule has 0 aromatic heterocycles. The minimum Gasteiger partial charge on any atom is -0.480 e. The Morgan fingerprint density at radius 1 is 0.947 bits per heavy atom. The van der Waals surface area contributed by atoms with Crippen molar-refractivity contribution >= 4 is 12.4 Å². The van der Waals surface area contributed by atoms with Crippen LogP contribution in [0.5, 0.6) is 5.75 Å². The van der Waals surface area contributed by atoms with Crippen LogP contribution < -0.4 is 10.1 Å². The quantitative estimate of drug-likeness (QED) is 0.932. The molecule has 0 saturated carbocycles. The fourth-order valence-electron chi connectivity index (χ4n) is 2.16. The molecule has 0 aliphatic carbocycles. The number of rotatable bonds is 3. The molecule has 0 amide bonds. The van der Waals surface area contributed by atoms with Gasteiger partial charge in [0.2, 0.25) is 0 Å². The lowest BCUT2D eigenvalue weighted by Gasteiger charge is -2.43. The first-order chi connectivity index (χ1) is 8.78. The van der Waals surface area contributed by atoms with Gasteiger partial charge in [-0.2, -0.15) is 0 Å². The average molecular weight is 280 g/mol. The molecular weight excluding hydrogens is 265 g/mol. The van der Waals surface area contributed by atoms with Gasteiger partial charge in [0.25, 0.3) is 0 Å². The minimum absolute atomic E-state index is 0. The zero-order valence-electron chi connectivity index (χ0n) is 10.3. The lowest BCUT2D eigenvalue weighted by atomic mass is 9.88. The second kappa shape index (κ2) is 5.59. The number of nitrogens with one attached hydrogen (secondary N) is 1. The highest BCUT2D eigenvalue weighted by atomic mass is 35.5. The van der Waals surface area contributed by atoms with E-state index in [-0.39, 0.29) is 23.8 Å². The smallest absolute Gasteiger partial charge is 0.159 e. The number of hydrogen-bond acceptors (Lipinski definition) is 2. The van der Waals surface area contributed by atoms with E-state index in [0.29, 0.717) is 5.75 Å². The fraction of sp³-hybridized carbons (Fsp3) is 0.200. The Labute approximate surface area is 118 Å². The zero-order chi connectivity index (χ0) is 12.4. The third-order valence-corrected chi connectivity index (χ3v) is 3.25. The third-order valence-electron chi connectivity index (χ3n) is 3.25. The van der Waals surface area contributed by atoms with Crippen LogP contribution in [0.3, 0.4) is 0 Å². The Morgan fingerprint density at radius 3 is 2.11 bits per heavy atom. The van der Waals surface area contributed by atoms with Gasteiger partial charge in [0.15, 0.2) is 5.60 Å². The molecular formula is C15H15ClFNO. The molecule has 2 nitrogen and oxygen atoms in total. The number of ether oxygens (including phenoxy) is 1. The van der Waals surface area contributed by atoms with E-state index in [4.69, 9.17) is 4.74 Å². The number of benzene rings is 2. The average Bonchev–Trinajstić information content (AvgIpc) is 2.37. The van der Waals surface area contributed by atoms with E-state index in [0.717, 1.165) is 18.7 Å². The summed E-state index contributed by atoms with van der Waals surface area (Å²) in [5.41, 5.74) is 0.826. The van der Waals surface area contributed by atoms with Crippen molar-refractivity contribution in [3.05, 3.63) is 66.0 Å². The predicted octanol–water partition coefficient (Wildman–Crippen LogP) is 3.13. The van der Waals surface area contributed by atoms with Crippen molar-refractivity contribution < 1.29 is 9.13 Å². The molecule has 2 aromatic carbocycles. The summed E-state index contributed by atoms with van der Waals surface area (Å²) in [7, 11) is 0. The van der Waals surface area contributed by atoms with Crippen molar-refractivity contribution in [3.63, 3.8) is 0 Å². The summed E-state index contributed by atoms with van der Waals surface area (Å²) in [5, 5.41) is 3.23. The fourth-order valence-corrected chi connectivity index (χ4v) is 2.16. The van der Waals surface area contributed by atoms with Crippen LogP contribution in [0.1, 0.15) is 5.56 Å². The molecule has 0 radical (unpaired) electrons. The molecule has 1 heterocycles. The number of hydrogen-bond donors (Lipinski definition) is 1. The van der Waals surface area contributed by atoms with E-state index < -0.39 is 0 Å². The third kappa shape index (κ3) is 2.72.